The molecule has 1 N–H and O–H groups in total. The van der Waals surface area contributed by atoms with Crippen molar-refractivity contribution in [1.82, 2.24) is 9.38 Å². The number of imidazole rings is 1. The van der Waals surface area contributed by atoms with Gasteiger partial charge in [0.05, 0.1) is 26.5 Å². The van der Waals surface area contributed by atoms with E-state index < -0.39 is 0 Å². The number of methoxy groups -OCH3 is 2. The van der Waals surface area contributed by atoms with Crippen molar-refractivity contribution < 1.29 is 14.6 Å². The molecule has 0 aliphatic carbocycles. The van der Waals surface area contributed by atoms with E-state index in [9.17, 15) is 5.11 Å². The first-order valence-electron chi connectivity index (χ1n) is 6.56. The number of benzene rings is 1. The van der Waals surface area contributed by atoms with Crippen LogP contribution in [-0.4, -0.2) is 28.7 Å². The second kappa shape index (κ2) is 5.46. The number of aromatic nitrogens is 2. The number of hydrogen-bond donors (Lipinski definition) is 1. The SMILES string of the molecule is COc1ccc(-c2cn3ccc(CO)cc3n2)c(OC)c1. The summed E-state index contributed by atoms with van der Waals surface area (Å²) in [5, 5.41) is 9.19. The van der Waals surface area contributed by atoms with Gasteiger partial charge >= 0.3 is 0 Å². The molecule has 0 aliphatic rings. The second-order valence-corrected chi connectivity index (χ2v) is 4.65. The van der Waals surface area contributed by atoms with Gasteiger partial charge in [0.2, 0.25) is 0 Å². The first kappa shape index (κ1) is 13.5. The summed E-state index contributed by atoms with van der Waals surface area (Å²) in [6, 6.07) is 9.36. The average Bonchev–Trinajstić information content (AvgIpc) is 2.96. The Morgan fingerprint density at radius 3 is 2.71 bits per heavy atom. The number of hydrogen-bond acceptors (Lipinski definition) is 4. The molecule has 0 bridgehead atoms. The fourth-order valence-electron chi connectivity index (χ4n) is 2.26. The number of ether oxygens (including phenoxy) is 2. The third-order valence-electron chi connectivity index (χ3n) is 3.39. The van der Waals surface area contributed by atoms with Gasteiger partial charge in [-0.05, 0) is 29.8 Å². The molecule has 5 heteroatoms. The zero-order valence-corrected chi connectivity index (χ0v) is 11.9. The molecule has 3 rings (SSSR count). The van der Waals surface area contributed by atoms with Crippen molar-refractivity contribution in [2.24, 2.45) is 0 Å². The largest absolute Gasteiger partial charge is 0.497 e. The van der Waals surface area contributed by atoms with Crippen molar-refractivity contribution in [3.63, 3.8) is 0 Å². The van der Waals surface area contributed by atoms with Crippen LogP contribution in [0.5, 0.6) is 11.5 Å². The van der Waals surface area contributed by atoms with E-state index in [2.05, 4.69) is 4.98 Å². The molecule has 0 saturated heterocycles. The Kier molecular flexibility index (Phi) is 3.50. The fourth-order valence-corrected chi connectivity index (χ4v) is 2.26. The first-order chi connectivity index (χ1) is 10.2. The average molecular weight is 284 g/mol. The van der Waals surface area contributed by atoms with Gasteiger partial charge < -0.3 is 19.0 Å². The van der Waals surface area contributed by atoms with Gasteiger partial charge in [-0.1, -0.05) is 0 Å². The molecule has 0 fully saturated rings. The third-order valence-corrected chi connectivity index (χ3v) is 3.39. The second-order valence-electron chi connectivity index (χ2n) is 4.65. The number of fused-ring (bicyclic) bond motifs is 1. The van der Waals surface area contributed by atoms with Gasteiger partial charge in [-0.2, -0.15) is 0 Å². The number of aliphatic hydroxyl groups excluding tert-OH is 1. The molecular formula is C16H16N2O3. The molecule has 21 heavy (non-hydrogen) atoms. The van der Waals surface area contributed by atoms with Crippen LogP contribution < -0.4 is 9.47 Å². The van der Waals surface area contributed by atoms with Crippen LogP contribution >= 0.6 is 0 Å². The van der Waals surface area contributed by atoms with Gasteiger partial charge in [0, 0.05) is 24.0 Å². The van der Waals surface area contributed by atoms with Gasteiger partial charge in [0.25, 0.3) is 0 Å². The number of nitrogens with zero attached hydrogens (tertiary/aromatic N) is 2. The van der Waals surface area contributed by atoms with Crippen LogP contribution in [0.2, 0.25) is 0 Å². The van der Waals surface area contributed by atoms with E-state index in [0.717, 1.165) is 28.2 Å². The fraction of sp³-hybridized carbons (Fsp3) is 0.188. The van der Waals surface area contributed by atoms with Crippen LogP contribution in [0.1, 0.15) is 5.56 Å². The van der Waals surface area contributed by atoms with Gasteiger partial charge in [0.15, 0.2) is 0 Å². The van der Waals surface area contributed by atoms with Gasteiger partial charge in [-0.25, -0.2) is 4.98 Å². The van der Waals surface area contributed by atoms with E-state index in [-0.39, 0.29) is 6.61 Å². The Bertz CT molecular complexity index is 780. The Morgan fingerprint density at radius 2 is 2.00 bits per heavy atom. The number of rotatable bonds is 4. The van der Waals surface area contributed by atoms with Crippen molar-refractivity contribution in [1.29, 1.82) is 0 Å². The molecule has 1 aromatic carbocycles. The molecule has 0 unspecified atom stereocenters. The maximum Gasteiger partial charge on any atom is 0.137 e. The first-order valence-corrected chi connectivity index (χ1v) is 6.56. The van der Waals surface area contributed by atoms with Crippen LogP contribution in [-0.2, 0) is 6.61 Å². The van der Waals surface area contributed by atoms with E-state index in [1.807, 2.05) is 47.1 Å². The van der Waals surface area contributed by atoms with Crippen LogP contribution in [0.4, 0.5) is 0 Å². The van der Waals surface area contributed by atoms with Crippen molar-refractivity contribution in [3.05, 3.63) is 48.3 Å². The summed E-state index contributed by atoms with van der Waals surface area (Å²) in [7, 11) is 3.24. The molecule has 0 saturated carbocycles. The molecule has 0 aliphatic heterocycles. The molecule has 2 heterocycles. The van der Waals surface area contributed by atoms with Crippen molar-refractivity contribution in [2.45, 2.75) is 6.61 Å². The highest BCUT2D eigenvalue weighted by molar-refractivity contribution is 5.70. The summed E-state index contributed by atoms with van der Waals surface area (Å²) < 4.78 is 12.5. The summed E-state index contributed by atoms with van der Waals surface area (Å²) in [5.74, 6) is 1.45. The predicted molar refractivity (Wildman–Crippen MR) is 79.7 cm³/mol. The quantitative estimate of drug-likeness (QED) is 0.800. The number of pyridine rings is 1. The van der Waals surface area contributed by atoms with E-state index in [1.165, 1.54) is 0 Å². The highest BCUT2D eigenvalue weighted by atomic mass is 16.5. The van der Waals surface area contributed by atoms with Crippen molar-refractivity contribution >= 4 is 5.65 Å². The molecular weight excluding hydrogens is 268 g/mol. The zero-order valence-electron chi connectivity index (χ0n) is 11.9. The standard InChI is InChI=1S/C16H16N2O3/c1-20-12-3-4-13(15(8-12)21-2)14-9-18-6-5-11(10-19)7-16(18)17-14/h3-9,19H,10H2,1-2H3. The minimum absolute atomic E-state index is 0.00451. The summed E-state index contributed by atoms with van der Waals surface area (Å²) >= 11 is 0. The van der Waals surface area contributed by atoms with Crippen molar-refractivity contribution in [2.75, 3.05) is 14.2 Å². The molecule has 0 spiro atoms. The normalized spacial score (nSPS) is 10.8. The zero-order chi connectivity index (χ0) is 14.8. The number of aliphatic hydroxyl groups is 1. The lowest BCUT2D eigenvalue weighted by atomic mass is 10.1. The van der Waals surface area contributed by atoms with Gasteiger partial charge in [-0.15, -0.1) is 0 Å². The Hall–Kier alpha value is -2.53. The molecule has 5 nitrogen and oxygen atoms in total. The monoisotopic (exact) mass is 284 g/mol. The van der Waals surface area contributed by atoms with E-state index >= 15 is 0 Å². The van der Waals surface area contributed by atoms with E-state index in [4.69, 9.17) is 9.47 Å². The minimum Gasteiger partial charge on any atom is -0.497 e. The maximum absolute atomic E-state index is 9.19. The highest BCUT2D eigenvalue weighted by Crippen LogP contribution is 2.32. The summed E-state index contributed by atoms with van der Waals surface area (Å²) in [6.07, 6.45) is 3.81. The minimum atomic E-state index is 0.00451. The van der Waals surface area contributed by atoms with E-state index in [1.54, 1.807) is 14.2 Å². The molecule has 0 radical (unpaired) electrons. The van der Waals surface area contributed by atoms with Gasteiger partial charge in [-0.3, -0.25) is 0 Å². The van der Waals surface area contributed by atoms with Crippen LogP contribution in [0.15, 0.2) is 42.7 Å². The van der Waals surface area contributed by atoms with E-state index in [0.29, 0.717) is 5.75 Å². The lowest BCUT2D eigenvalue weighted by Gasteiger charge is -2.08. The topological polar surface area (TPSA) is 56.0 Å². The molecule has 108 valence electrons. The molecule has 2 aromatic heterocycles. The Morgan fingerprint density at radius 1 is 1.14 bits per heavy atom. The van der Waals surface area contributed by atoms with Crippen molar-refractivity contribution in [3.8, 4) is 22.8 Å². The van der Waals surface area contributed by atoms with Gasteiger partial charge in [0.1, 0.15) is 17.1 Å². The molecule has 0 amide bonds. The Labute approximate surface area is 122 Å². The third kappa shape index (κ3) is 2.43. The van der Waals surface area contributed by atoms with Crippen LogP contribution in [0.25, 0.3) is 16.9 Å². The van der Waals surface area contributed by atoms with Crippen LogP contribution in [0, 0.1) is 0 Å². The summed E-state index contributed by atoms with van der Waals surface area (Å²) in [6.45, 7) is 0.00451. The molecule has 3 aromatic rings. The summed E-state index contributed by atoms with van der Waals surface area (Å²) in [5.41, 5.74) is 3.33. The Balaban J connectivity index is 2.11. The molecule has 0 atom stereocenters. The lowest BCUT2D eigenvalue weighted by molar-refractivity contribution is 0.282. The summed E-state index contributed by atoms with van der Waals surface area (Å²) in [4.78, 5) is 4.59. The smallest absolute Gasteiger partial charge is 0.137 e. The predicted octanol–water partition coefficient (Wildman–Crippen LogP) is 2.51. The van der Waals surface area contributed by atoms with Crippen LogP contribution in [0.3, 0.4) is 0 Å². The highest BCUT2D eigenvalue weighted by Gasteiger charge is 2.11. The maximum atomic E-state index is 9.19. The lowest BCUT2D eigenvalue weighted by Crippen LogP contribution is -1.90.